The standard InChI is InChI=1S/C28H24NO.C22H24GeN.Ir/c1-28(2,3)18-19-14-15-29-25(16-19)24-11-7-10-23-22-13-12-21(17-26(22)30-27(23)24)20-8-5-4-6-9-20;1-16-11-12-19(14-20(16)18-9-7-6-8-10-18)22-13-17(2)21(15-24-22)23(3,4)5;/h4-10,12-17H,18H2,1-3H3;6-11,13-15H,1-5H3;/q2*-1;/i18D2;1D3;. The molecule has 0 saturated heterocycles. The van der Waals surface area contributed by atoms with Gasteiger partial charge in [-0.05, 0) is 40.7 Å². The summed E-state index contributed by atoms with van der Waals surface area (Å²) in [7, 11) is 0. The summed E-state index contributed by atoms with van der Waals surface area (Å²) in [6.07, 6.45) is 2.16. The van der Waals surface area contributed by atoms with Crippen LogP contribution >= 0.6 is 0 Å². The molecule has 0 spiro atoms. The van der Waals surface area contributed by atoms with Crippen LogP contribution in [0.15, 0.2) is 138 Å². The summed E-state index contributed by atoms with van der Waals surface area (Å²) in [6, 6.07) is 45.6. The number of fused-ring (bicyclic) bond motifs is 3. The summed E-state index contributed by atoms with van der Waals surface area (Å²) in [5.74, 6) is 7.07. The van der Waals surface area contributed by atoms with Crippen LogP contribution in [0.1, 0.15) is 44.3 Å². The Bertz CT molecular complexity index is 2770. The van der Waals surface area contributed by atoms with E-state index in [-0.39, 0.29) is 20.1 Å². The van der Waals surface area contributed by atoms with E-state index in [0.717, 1.165) is 49.9 Å². The minimum atomic E-state index is -2.19. The van der Waals surface area contributed by atoms with E-state index < -0.39 is 31.9 Å². The van der Waals surface area contributed by atoms with E-state index in [1.807, 2.05) is 99.8 Å². The number of rotatable bonds is 6. The third-order valence-electron chi connectivity index (χ3n) is 9.31. The zero-order valence-corrected chi connectivity index (χ0v) is 36.8. The van der Waals surface area contributed by atoms with Crippen LogP contribution in [0, 0.1) is 31.3 Å². The van der Waals surface area contributed by atoms with Gasteiger partial charge in [0.05, 0.1) is 5.58 Å². The fraction of sp³-hybridized carbons (Fsp3) is 0.200. The van der Waals surface area contributed by atoms with Crippen LogP contribution in [0.2, 0.25) is 17.3 Å². The molecule has 0 bridgehead atoms. The van der Waals surface area contributed by atoms with Crippen molar-refractivity contribution in [1.82, 2.24) is 9.97 Å². The second kappa shape index (κ2) is 16.6. The van der Waals surface area contributed by atoms with Crippen molar-refractivity contribution in [3.8, 4) is 44.8 Å². The van der Waals surface area contributed by atoms with Gasteiger partial charge in [0.1, 0.15) is 5.58 Å². The first-order valence-electron chi connectivity index (χ1n) is 20.8. The van der Waals surface area contributed by atoms with Crippen LogP contribution in [0.25, 0.3) is 66.7 Å². The van der Waals surface area contributed by atoms with E-state index in [9.17, 15) is 0 Å². The number of nitrogens with zero attached hydrogens (tertiary/aromatic N) is 2. The Morgan fingerprint density at radius 3 is 2.15 bits per heavy atom. The van der Waals surface area contributed by atoms with Crippen LogP contribution in [-0.2, 0) is 26.5 Å². The Labute approximate surface area is 350 Å². The molecule has 0 N–H and O–H groups in total. The maximum Gasteiger partial charge on any atom is 0.121 e. The molecule has 0 aliphatic rings. The average molecular weight is 963 g/mol. The fourth-order valence-electron chi connectivity index (χ4n) is 6.80. The molecule has 3 heterocycles. The van der Waals surface area contributed by atoms with E-state index in [0.29, 0.717) is 28.0 Å². The average Bonchev–Trinajstić information content (AvgIpc) is 3.58. The molecular weight excluding hydrogens is 909 g/mol. The number of hydrogen-bond acceptors (Lipinski definition) is 3. The van der Waals surface area contributed by atoms with E-state index in [1.54, 1.807) is 18.3 Å². The van der Waals surface area contributed by atoms with Gasteiger partial charge in [0.15, 0.2) is 0 Å². The van der Waals surface area contributed by atoms with Gasteiger partial charge >= 0.3 is 152 Å². The minimum Gasteiger partial charge on any atom is -0.501 e. The molecule has 279 valence electrons. The molecule has 3 aromatic heterocycles. The van der Waals surface area contributed by atoms with Crippen LogP contribution in [0.3, 0.4) is 0 Å². The molecule has 5 heteroatoms. The van der Waals surface area contributed by atoms with E-state index >= 15 is 0 Å². The van der Waals surface area contributed by atoms with E-state index in [1.165, 1.54) is 9.96 Å². The Morgan fingerprint density at radius 2 is 1.47 bits per heavy atom. The fourth-order valence-corrected chi connectivity index (χ4v) is 10.4. The Morgan fingerprint density at radius 1 is 0.745 bits per heavy atom. The molecule has 8 rings (SSSR count). The molecule has 55 heavy (non-hydrogen) atoms. The molecule has 0 unspecified atom stereocenters. The van der Waals surface area contributed by atoms with Crippen molar-refractivity contribution in [2.24, 2.45) is 5.41 Å². The third kappa shape index (κ3) is 9.27. The van der Waals surface area contributed by atoms with Gasteiger partial charge in [-0.2, -0.15) is 0 Å². The molecular formula is C50H48GeIrN2O-2. The van der Waals surface area contributed by atoms with Crippen molar-refractivity contribution in [1.29, 1.82) is 0 Å². The number of hydrogen-bond donors (Lipinski definition) is 0. The van der Waals surface area contributed by atoms with Crippen LogP contribution in [-0.4, -0.2) is 23.2 Å². The summed E-state index contributed by atoms with van der Waals surface area (Å²) in [4.78, 5) is 9.21. The number of benzene rings is 5. The zero-order chi connectivity index (χ0) is 42.3. The molecule has 0 saturated carbocycles. The van der Waals surface area contributed by atoms with Crippen molar-refractivity contribution in [2.45, 2.75) is 58.2 Å². The normalized spacial score (nSPS) is 13.4. The number of pyridine rings is 2. The topological polar surface area (TPSA) is 38.9 Å². The van der Waals surface area contributed by atoms with Crippen molar-refractivity contribution in [2.75, 3.05) is 0 Å². The molecule has 5 aromatic carbocycles. The van der Waals surface area contributed by atoms with Crippen LogP contribution in [0.4, 0.5) is 0 Å². The van der Waals surface area contributed by atoms with Crippen LogP contribution < -0.4 is 4.40 Å². The maximum absolute atomic E-state index is 8.64. The predicted molar refractivity (Wildman–Crippen MR) is 231 cm³/mol. The third-order valence-corrected chi connectivity index (χ3v) is 13.8. The SMILES string of the molecule is [2H]C([2H])([2H])c1c[c-]c(-c2cc(C)[c]([Ge]([CH3])([CH3])[CH3])cn2)cc1-c1ccccc1.[2H]C([2H])(c1ccnc(-c2[c-]ccc3c2oc2cc(-c4ccccc4)ccc23)c1)C(C)(C)C.[Ir]. The van der Waals surface area contributed by atoms with Gasteiger partial charge in [0.2, 0.25) is 0 Å². The number of aryl methyl sites for hydroxylation is 2. The summed E-state index contributed by atoms with van der Waals surface area (Å²) in [5, 5.41) is 2.04. The summed E-state index contributed by atoms with van der Waals surface area (Å²) >= 11 is -1.96. The Kier molecular flexibility index (Phi) is 10.2. The van der Waals surface area contributed by atoms with Gasteiger partial charge < -0.3 is 9.40 Å². The molecule has 3 nitrogen and oxygen atoms in total. The smallest absolute Gasteiger partial charge is 0.121 e. The van der Waals surface area contributed by atoms with Gasteiger partial charge in [-0.1, -0.05) is 85.8 Å². The van der Waals surface area contributed by atoms with Crippen molar-refractivity contribution >= 4 is 39.6 Å². The molecule has 8 aromatic rings. The van der Waals surface area contributed by atoms with E-state index in [2.05, 4.69) is 82.7 Å². The first-order chi connectivity index (χ1) is 27.8. The second-order valence-corrected chi connectivity index (χ2v) is 26.3. The molecule has 0 atom stereocenters. The molecule has 0 amide bonds. The molecule has 1 radical (unpaired) electrons. The van der Waals surface area contributed by atoms with Gasteiger partial charge in [-0.3, -0.25) is 0 Å². The number of furan rings is 1. The molecule has 0 aliphatic carbocycles. The molecule has 0 fully saturated rings. The van der Waals surface area contributed by atoms with E-state index in [4.69, 9.17) is 11.3 Å². The predicted octanol–water partition coefficient (Wildman–Crippen LogP) is 13.1. The quantitative estimate of drug-likeness (QED) is 0.123. The summed E-state index contributed by atoms with van der Waals surface area (Å²) in [6.45, 7) is 5.66. The largest absolute Gasteiger partial charge is 0.501 e. The zero-order valence-electron chi connectivity index (χ0n) is 37.3. The van der Waals surface area contributed by atoms with Crippen molar-refractivity contribution in [3.05, 3.63) is 163 Å². The summed E-state index contributed by atoms with van der Waals surface area (Å²) < 4.78 is 48.6. The first-order valence-corrected chi connectivity index (χ1v) is 25.7. The monoisotopic (exact) mass is 964 g/mol. The summed E-state index contributed by atoms with van der Waals surface area (Å²) in [5.41, 5.74) is 10.0. The van der Waals surface area contributed by atoms with Gasteiger partial charge in [-0.25, -0.2) is 0 Å². The van der Waals surface area contributed by atoms with Crippen molar-refractivity contribution in [3.63, 3.8) is 0 Å². The van der Waals surface area contributed by atoms with Gasteiger partial charge in [0, 0.05) is 34.4 Å². The Hall–Kier alpha value is -4.61. The Balaban J connectivity index is 0.000000201. The second-order valence-electron chi connectivity index (χ2n) is 15.8. The minimum absolute atomic E-state index is 0. The molecule has 0 aliphatic heterocycles. The maximum atomic E-state index is 8.64. The van der Waals surface area contributed by atoms with Gasteiger partial charge in [0.25, 0.3) is 0 Å². The van der Waals surface area contributed by atoms with Gasteiger partial charge in [-0.15, -0.1) is 18.2 Å². The number of aromatic nitrogens is 2. The van der Waals surface area contributed by atoms with Crippen LogP contribution in [0.5, 0.6) is 0 Å². The van der Waals surface area contributed by atoms with Crippen molar-refractivity contribution < 1.29 is 31.4 Å². The first kappa shape index (κ1) is 33.7.